The lowest BCUT2D eigenvalue weighted by Crippen LogP contribution is -1.91. The Bertz CT molecular complexity index is 5180. The SMILES string of the molecule is [2H]c1c([2H])c([2H])c(-c2c(-c3c([2H])c([2H])c(-c4ccc(-c5ccc6ccc7cccnc7c6n5)c5ccccc45)c([2H])c3[2H])oc(-c3c([2H])c([2H])c4c([2H])c([2H])c5c([2H])c([2H])c([2H])c6c([2H])c([2H])c3c4c56)c2-c2c([2H])c([2H])c([2H])c([2H])c2[2H])c([2H])c1[2H]. The van der Waals surface area contributed by atoms with Gasteiger partial charge in [-0.05, 0) is 83.5 Å². The van der Waals surface area contributed by atoms with Crippen molar-refractivity contribution in [3.05, 3.63) is 218 Å². The highest BCUT2D eigenvalue weighted by atomic mass is 16.3. The number of hydrogen-bond acceptors (Lipinski definition) is 3. The van der Waals surface area contributed by atoms with Crippen LogP contribution < -0.4 is 0 Å². The molecule has 292 valence electrons. The molecule has 0 saturated carbocycles. The van der Waals surface area contributed by atoms with Gasteiger partial charge in [-0.15, -0.1) is 0 Å². The Morgan fingerprint density at radius 1 is 0.365 bits per heavy atom. The number of benzene rings is 10. The highest BCUT2D eigenvalue weighted by molar-refractivity contribution is 6.26. The molecule has 0 aliphatic carbocycles. The molecule has 0 saturated heterocycles. The van der Waals surface area contributed by atoms with Gasteiger partial charge in [0, 0.05) is 44.8 Å². The largest absolute Gasteiger partial charge is 0.455 e. The first-order chi connectivity index (χ1) is 40.8. The fourth-order valence-corrected chi connectivity index (χ4v) is 8.42. The van der Waals surface area contributed by atoms with Crippen molar-refractivity contribution < 1.29 is 35.9 Å². The standard InChI is InChI=1S/C60H36N2O/c1-3-11-38(12-4-1)55-56(39-13-5-2-6-14-39)60(51-32-29-42-23-22-40-15-9-16-41-28-31-50(51)54(42)53(40)41)63-59(55)45-26-20-37(21-27-45)46-33-34-49(48-19-8-7-18-47(46)48)52-35-30-44-25-24-43-17-10-36-61-57(43)58(44)62-52/h1-36H/i1D,2D,3D,4D,5D,6D,9D,11D,12D,13D,14D,15D,16D,20D,21D,22D,23D,26D,27D,28D,29D,31D,32D. The Labute approximate surface area is 395 Å². The number of fused-ring (bicyclic) bond motifs is 4. The van der Waals surface area contributed by atoms with Crippen LogP contribution in [0.1, 0.15) is 31.5 Å². The molecule has 3 aromatic heterocycles. The predicted molar refractivity (Wildman–Crippen MR) is 263 cm³/mol. The molecule has 0 spiro atoms. The maximum absolute atomic E-state index is 9.92. The zero-order valence-electron chi connectivity index (χ0n) is 55.3. The second-order valence-electron chi connectivity index (χ2n) is 14.6. The van der Waals surface area contributed by atoms with Gasteiger partial charge in [0.15, 0.2) is 0 Å². The molecule has 0 aliphatic heterocycles. The van der Waals surface area contributed by atoms with Crippen LogP contribution in [0.4, 0.5) is 0 Å². The Balaban J connectivity index is 1.18. The van der Waals surface area contributed by atoms with Crippen molar-refractivity contribution in [3.8, 4) is 67.3 Å². The Hall–Kier alpha value is -8.40. The molecule has 3 nitrogen and oxygen atoms in total. The molecule has 0 atom stereocenters. The van der Waals surface area contributed by atoms with Crippen LogP contribution in [0.5, 0.6) is 0 Å². The van der Waals surface area contributed by atoms with Crippen LogP contribution in [0.2, 0.25) is 0 Å². The lowest BCUT2D eigenvalue weighted by atomic mass is 9.88. The van der Waals surface area contributed by atoms with Gasteiger partial charge >= 0.3 is 0 Å². The van der Waals surface area contributed by atoms with Crippen molar-refractivity contribution in [3.63, 3.8) is 0 Å². The van der Waals surface area contributed by atoms with E-state index in [4.69, 9.17) is 23.1 Å². The van der Waals surface area contributed by atoms with Crippen LogP contribution in [-0.2, 0) is 0 Å². The molecule has 10 aromatic carbocycles. The Kier molecular flexibility index (Phi) is 4.37. The average Bonchev–Trinajstić information content (AvgIpc) is 1.04. The molecule has 0 amide bonds. The van der Waals surface area contributed by atoms with Crippen LogP contribution in [-0.4, -0.2) is 9.97 Å². The van der Waals surface area contributed by atoms with Gasteiger partial charge in [0.05, 0.1) is 48.3 Å². The highest BCUT2D eigenvalue weighted by Gasteiger charge is 2.27. The van der Waals surface area contributed by atoms with Gasteiger partial charge in [-0.1, -0.05) is 194 Å². The van der Waals surface area contributed by atoms with Crippen molar-refractivity contribution in [2.45, 2.75) is 0 Å². The minimum atomic E-state index is -1.01. The molecule has 3 heterocycles. The highest BCUT2D eigenvalue weighted by Crippen LogP contribution is 2.51. The molecule has 3 heteroatoms. The summed E-state index contributed by atoms with van der Waals surface area (Å²) in [7, 11) is 0. The van der Waals surface area contributed by atoms with Gasteiger partial charge in [-0.3, -0.25) is 4.98 Å². The van der Waals surface area contributed by atoms with Gasteiger partial charge in [-0.25, -0.2) is 4.98 Å². The van der Waals surface area contributed by atoms with Crippen molar-refractivity contribution in [2.24, 2.45) is 0 Å². The molecule has 63 heavy (non-hydrogen) atoms. The lowest BCUT2D eigenvalue weighted by molar-refractivity contribution is 0.599. The fourth-order valence-electron chi connectivity index (χ4n) is 8.42. The summed E-state index contributed by atoms with van der Waals surface area (Å²) in [5.41, 5.74) is -2.26. The van der Waals surface area contributed by atoms with Crippen molar-refractivity contribution >= 4 is 64.9 Å². The van der Waals surface area contributed by atoms with E-state index in [1.807, 2.05) is 36.4 Å². The number of rotatable bonds is 6. The van der Waals surface area contributed by atoms with E-state index >= 15 is 0 Å². The molecular formula is C60H36N2O. The van der Waals surface area contributed by atoms with Crippen molar-refractivity contribution in [2.75, 3.05) is 0 Å². The first-order valence-corrected chi connectivity index (χ1v) is 19.6. The lowest BCUT2D eigenvalue weighted by Gasteiger charge is -2.14. The summed E-state index contributed by atoms with van der Waals surface area (Å²) >= 11 is 0. The van der Waals surface area contributed by atoms with Crippen LogP contribution in [0.3, 0.4) is 0 Å². The summed E-state index contributed by atoms with van der Waals surface area (Å²) in [4.78, 5) is 9.64. The van der Waals surface area contributed by atoms with Gasteiger partial charge in [0.25, 0.3) is 0 Å². The third-order valence-corrected chi connectivity index (χ3v) is 11.2. The average molecular weight is 824 g/mol. The van der Waals surface area contributed by atoms with Crippen LogP contribution in [0.25, 0.3) is 132 Å². The molecule has 13 aromatic rings. The molecule has 0 unspecified atom stereocenters. The number of nitrogens with zero attached hydrogens (tertiary/aromatic N) is 2. The van der Waals surface area contributed by atoms with E-state index in [0.29, 0.717) is 33.1 Å². The van der Waals surface area contributed by atoms with Crippen molar-refractivity contribution in [1.82, 2.24) is 9.97 Å². The monoisotopic (exact) mass is 823 g/mol. The van der Waals surface area contributed by atoms with Crippen LogP contribution in [0.15, 0.2) is 222 Å². The summed E-state index contributed by atoms with van der Waals surface area (Å²) in [6.07, 6.45) is 1.67. The Morgan fingerprint density at radius 2 is 0.968 bits per heavy atom. The maximum atomic E-state index is 9.92. The second kappa shape index (κ2) is 14.1. The van der Waals surface area contributed by atoms with E-state index in [0.717, 1.165) is 10.8 Å². The number of furan rings is 1. The zero-order chi connectivity index (χ0) is 61.4. The van der Waals surface area contributed by atoms with Crippen molar-refractivity contribution in [1.29, 1.82) is 0 Å². The van der Waals surface area contributed by atoms with E-state index in [2.05, 4.69) is 4.98 Å². The summed E-state index contributed by atoms with van der Waals surface area (Å²) in [5, 5.41) is 0.174. The summed E-state index contributed by atoms with van der Waals surface area (Å²) in [6.45, 7) is 0. The van der Waals surface area contributed by atoms with E-state index in [-0.39, 0.29) is 21.9 Å². The first kappa shape index (κ1) is 19.5. The molecular weight excluding hydrogens is 765 g/mol. The number of aromatic nitrogens is 2. The number of hydrogen-bond donors (Lipinski definition) is 0. The van der Waals surface area contributed by atoms with Gasteiger partial charge in [-0.2, -0.15) is 0 Å². The maximum Gasteiger partial charge on any atom is 0.143 e. The second-order valence-corrected chi connectivity index (χ2v) is 14.6. The quantitative estimate of drug-likeness (QED) is 0.157. The molecule has 0 bridgehead atoms. The third kappa shape index (κ3) is 5.60. The smallest absolute Gasteiger partial charge is 0.143 e. The minimum Gasteiger partial charge on any atom is -0.455 e. The van der Waals surface area contributed by atoms with Gasteiger partial charge < -0.3 is 4.42 Å². The van der Waals surface area contributed by atoms with Crippen LogP contribution in [0, 0.1) is 0 Å². The Morgan fingerprint density at radius 3 is 1.71 bits per heavy atom. The molecule has 0 aliphatic rings. The van der Waals surface area contributed by atoms with E-state index < -0.39 is 205 Å². The van der Waals surface area contributed by atoms with E-state index in [1.165, 1.54) is 0 Å². The molecule has 13 rings (SSSR count). The van der Waals surface area contributed by atoms with Gasteiger partial charge in [0.1, 0.15) is 11.5 Å². The predicted octanol–water partition coefficient (Wildman–Crippen LogP) is 16.4. The molecule has 0 fully saturated rings. The zero-order valence-corrected chi connectivity index (χ0v) is 32.3. The van der Waals surface area contributed by atoms with Crippen LogP contribution >= 0.6 is 0 Å². The topological polar surface area (TPSA) is 38.9 Å². The summed E-state index contributed by atoms with van der Waals surface area (Å²) < 4.78 is 220. The summed E-state index contributed by atoms with van der Waals surface area (Å²) in [5.74, 6) is -1.76. The van der Waals surface area contributed by atoms with Gasteiger partial charge in [0.2, 0.25) is 0 Å². The normalized spacial score (nSPS) is 16.9. The van der Waals surface area contributed by atoms with E-state index in [1.54, 1.807) is 42.6 Å². The fraction of sp³-hybridized carbons (Fsp3) is 0. The third-order valence-electron chi connectivity index (χ3n) is 11.2. The molecule has 0 N–H and O–H groups in total. The first-order valence-electron chi connectivity index (χ1n) is 31.1. The van der Waals surface area contributed by atoms with E-state index in [9.17, 15) is 17.8 Å². The minimum absolute atomic E-state index is 0.213. The summed E-state index contributed by atoms with van der Waals surface area (Å²) in [6, 6.07) is 1.63. The molecule has 0 radical (unpaired) electrons. The number of pyridine rings is 2.